The zero-order chi connectivity index (χ0) is 16.2. The molecule has 118 valence electrons. The number of nitrogens with one attached hydrogen (secondary N) is 1. The highest BCUT2D eigenvalue weighted by Gasteiger charge is 2.06. The molecular formula is C18H20N4O. The van der Waals surface area contributed by atoms with E-state index in [1.165, 1.54) is 11.1 Å². The number of carbonyl (C=O) groups excluding carboxylic acids is 1. The topological polar surface area (TPSA) is 72.4 Å². The first-order valence-corrected chi connectivity index (χ1v) is 7.67. The number of aryl methyl sites for hydroxylation is 1. The SMILES string of the molecule is Cc1cccc(Cc2cn3cc(NC(=O)CCN)ccc3n2)c1. The molecule has 0 aliphatic rings. The van der Waals surface area contributed by atoms with Crippen molar-refractivity contribution in [1.29, 1.82) is 0 Å². The van der Waals surface area contributed by atoms with E-state index in [-0.39, 0.29) is 5.91 Å². The average molecular weight is 308 g/mol. The normalized spacial score (nSPS) is 10.9. The fourth-order valence-corrected chi connectivity index (χ4v) is 2.59. The van der Waals surface area contributed by atoms with Gasteiger partial charge in [-0.05, 0) is 24.6 Å². The fraction of sp³-hybridized carbons (Fsp3) is 0.222. The largest absolute Gasteiger partial charge is 0.330 e. The smallest absolute Gasteiger partial charge is 0.225 e. The van der Waals surface area contributed by atoms with Crippen molar-refractivity contribution in [1.82, 2.24) is 9.38 Å². The van der Waals surface area contributed by atoms with Gasteiger partial charge in [-0.25, -0.2) is 4.98 Å². The van der Waals surface area contributed by atoms with Crippen LogP contribution in [-0.4, -0.2) is 21.8 Å². The van der Waals surface area contributed by atoms with E-state index in [2.05, 4.69) is 41.5 Å². The van der Waals surface area contributed by atoms with Gasteiger partial charge in [0, 0.05) is 31.8 Å². The maximum Gasteiger partial charge on any atom is 0.225 e. The number of nitrogens with zero attached hydrogens (tertiary/aromatic N) is 2. The maximum absolute atomic E-state index is 11.6. The molecule has 0 aliphatic carbocycles. The Morgan fingerprint density at radius 2 is 2.13 bits per heavy atom. The van der Waals surface area contributed by atoms with E-state index < -0.39 is 0 Å². The minimum Gasteiger partial charge on any atom is -0.330 e. The number of rotatable bonds is 5. The molecule has 5 nitrogen and oxygen atoms in total. The van der Waals surface area contributed by atoms with Crippen molar-refractivity contribution >= 4 is 17.2 Å². The molecule has 0 saturated carbocycles. The second-order valence-electron chi connectivity index (χ2n) is 5.67. The number of aromatic nitrogens is 2. The Morgan fingerprint density at radius 1 is 1.26 bits per heavy atom. The second kappa shape index (κ2) is 6.62. The maximum atomic E-state index is 11.6. The molecule has 23 heavy (non-hydrogen) atoms. The van der Waals surface area contributed by atoms with E-state index >= 15 is 0 Å². The number of amides is 1. The van der Waals surface area contributed by atoms with E-state index in [4.69, 9.17) is 5.73 Å². The Kier molecular flexibility index (Phi) is 4.39. The standard InChI is InChI=1S/C18H20N4O/c1-13-3-2-4-14(9-13)10-16-12-22-11-15(5-6-17(22)20-16)21-18(23)7-8-19/h2-6,9,11-12H,7-8,10,19H2,1H3,(H,21,23). The lowest BCUT2D eigenvalue weighted by Gasteiger charge is -2.04. The van der Waals surface area contributed by atoms with E-state index in [1.54, 1.807) is 0 Å². The van der Waals surface area contributed by atoms with E-state index in [9.17, 15) is 4.79 Å². The van der Waals surface area contributed by atoms with Crippen LogP contribution in [0.3, 0.4) is 0 Å². The van der Waals surface area contributed by atoms with Gasteiger partial charge in [-0.15, -0.1) is 0 Å². The number of imidazole rings is 1. The summed E-state index contributed by atoms with van der Waals surface area (Å²) in [5.41, 5.74) is 10.5. The molecule has 0 bridgehead atoms. The summed E-state index contributed by atoms with van der Waals surface area (Å²) in [6.07, 6.45) is 4.98. The Labute approximate surface area is 135 Å². The number of nitrogens with two attached hydrogens (primary N) is 1. The third-order valence-electron chi connectivity index (χ3n) is 3.62. The molecule has 5 heteroatoms. The van der Waals surface area contributed by atoms with Crippen molar-refractivity contribution < 1.29 is 4.79 Å². The molecule has 1 aromatic carbocycles. The van der Waals surface area contributed by atoms with E-state index in [0.717, 1.165) is 23.4 Å². The molecule has 0 spiro atoms. The molecule has 0 saturated heterocycles. The van der Waals surface area contributed by atoms with Gasteiger partial charge in [0.2, 0.25) is 5.91 Å². The van der Waals surface area contributed by atoms with Gasteiger partial charge in [0.25, 0.3) is 0 Å². The minimum absolute atomic E-state index is 0.0769. The summed E-state index contributed by atoms with van der Waals surface area (Å²) in [6, 6.07) is 12.2. The van der Waals surface area contributed by atoms with Crippen molar-refractivity contribution in [2.75, 3.05) is 11.9 Å². The van der Waals surface area contributed by atoms with E-state index in [0.29, 0.717) is 13.0 Å². The van der Waals surface area contributed by atoms with Crippen molar-refractivity contribution in [2.45, 2.75) is 19.8 Å². The lowest BCUT2D eigenvalue weighted by Crippen LogP contribution is -2.16. The first kappa shape index (κ1) is 15.2. The van der Waals surface area contributed by atoms with Gasteiger partial charge >= 0.3 is 0 Å². The van der Waals surface area contributed by atoms with Crippen LogP contribution in [0.2, 0.25) is 0 Å². The Morgan fingerprint density at radius 3 is 2.91 bits per heavy atom. The van der Waals surface area contributed by atoms with Crippen molar-refractivity contribution in [3.8, 4) is 0 Å². The van der Waals surface area contributed by atoms with Crippen LogP contribution < -0.4 is 11.1 Å². The molecule has 0 atom stereocenters. The molecule has 2 heterocycles. The average Bonchev–Trinajstić information content (AvgIpc) is 2.89. The van der Waals surface area contributed by atoms with Crippen LogP contribution in [0.1, 0.15) is 23.2 Å². The molecule has 0 aliphatic heterocycles. The molecule has 1 amide bonds. The zero-order valence-electron chi connectivity index (χ0n) is 13.1. The van der Waals surface area contributed by atoms with Gasteiger partial charge in [0.15, 0.2) is 0 Å². The van der Waals surface area contributed by atoms with Gasteiger partial charge in [0.1, 0.15) is 5.65 Å². The van der Waals surface area contributed by atoms with Crippen LogP contribution in [0.4, 0.5) is 5.69 Å². The third-order valence-corrected chi connectivity index (χ3v) is 3.62. The molecule has 0 unspecified atom stereocenters. The lowest BCUT2D eigenvalue weighted by molar-refractivity contribution is -0.116. The highest BCUT2D eigenvalue weighted by atomic mass is 16.1. The number of hydrogen-bond donors (Lipinski definition) is 2. The fourth-order valence-electron chi connectivity index (χ4n) is 2.59. The summed E-state index contributed by atoms with van der Waals surface area (Å²) in [6.45, 7) is 2.43. The Bertz CT molecular complexity index is 838. The lowest BCUT2D eigenvalue weighted by atomic mass is 10.1. The van der Waals surface area contributed by atoms with Gasteiger partial charge in [-0.1, -0.05) is 29.8 Å². The van der Waals surface area contributed by atoms with Gasteiger partial charge < -0.3 is 15.5 Å². The Balaban J connectivity index is 1.80. The highest BCUT2D eigenvalue weighted by molar-refractivity contribution is 5.90. The molecule has 3 aromatic rings. The summed E-state index contributed by atoms with van der Waals surface area (Å²) in [5, 5.41) is 2.83. The van der Waals surface area contributed by atoms with Crippen LogP contribution in [0.25, 0.3) is 5.65 Å². The quantitative estimate of drug-likeness (QED) is 0.760. The predicted octanol–water partition coefficient (Wildman–Crippen LogP) is 2.52. The van der Waals surface area contributed by atoms with Crippen LogP contribution in [0.5, 0.6) is 0 Å². The van der Waals surface area contributed by atoms with Crippen molar-refractivity contribution in [3.05, 3.63) is 65.6 Å². The summed E-state index contributed by atoms with van der Waals surface area (Å²) >= 11 is 0. The number of pyridine rings is 1. The third kappa shape index (κ3) is 3.76. The molecule has 3 rings (SSSR count). The highest BCUT2D eigenvalue weighted by Crippen LogP contribution is 2.15. The molecule has 0 fully saturated rings. The second-order valence-corrected chi connectivity index (χ2v) is 5.67. The van der Waals surface area contributed by atoms with Crippen LogP contribution in [-0.2, 0) is 11.2 Å². The number of carbonyl (C=O) groups is 1. The number of anilines is 1. The summed E-state index contributed by atoms with van der Waals surface area (Å²) in [7, 11) is 0. The van der Waals surface area contributed by atoms with E-state index in [1.807, 2.05) is 28.9 Å². The summed E-state index contributed by atoms with van der Waals surface area (Å²) in [5.74, 6) is -0.0769. The number of fused-ring (bicyclic) bond motifs is 1. The van der Waals surface area contributed by atoms with Crippen LogP contribution in [0.15, 0.2) is 48.8 Å². The number of hydrogen-bond acceptors (Lipinski definition) is 3. The van der Waals surface area contributed by atoms with Crippen LogP contribution >= 0.6 is 0 Å². The minimum atomic E-state index is -0.0769. The summed E-state index contributed by atoms with van der Waals surface area (Å²) < 4.78 is 1.93. The monoisotopic (exact) mass is 308 g/mol. The summed E-state index contributed by atoms with van der Waals surface area (Å²) in [4.78, 5) is 16.2. The van der Waals surface area contributed by atoms with Crippen LogP contribution in [0, 0.1) is 6.92 Å². The first-order valence-electron chi connectivity index (χ1n) is 7.67. The first-order chi connectivity index (χ1) is 11.1. The van der Waals surface area contributed by atoms with Gasteiger partial charge in [0.05, 0.1) is 11.4 Å². The molecule has 0 radical (unpaired) electrons. The predicted molar refractivity (Wildman–Crippen MR) is 91.5 cm³/mol. The molecule has 3 N–H and O–H groups in total. The molecule has 2 aromatic heterocycles. The van der Waals surface area contributed by atoms with Gasteiger partial charge in [-0.3, -0.25) is 4.79 Å². The Hall–Kier alpha value is -2.66. The number of benzene rings is 1. The van der Waals surface area contributed by atoms with Crippen molar-refractivity contribution in [2.24, 2.45) is 5.73 Å². The molecular weight excluding hydrogens is 288 g/mol. The van der Waals surface area contributed by atoms with Crippen molar-refractivity contribution in [3.63, 3.8) is 0 Å². The zero-order valence-corrected chi connectivity index (χ0v) is 13.1. The van der Waals surface area contributed by atoms with Gasteiger partial charge in [-0.2, -0.15) is 0 Å².